The van der Waals surface area contributed by atoms with Crippen LogP contribution in [0, 0.1) is 0 Å². The Kier molecular flexibility index (Phi) is 3.90. The lowest BCUT2D eigenvalue weighted by Crippen LogP contribution is -2.20. The summed E-state index contributed by atoms with van der Waals surface area (Å²) in [4.78, 5) is 6.93. The fourth-order valence-corrected chi connectivity index (χ4v) is 2.70. The third-order valence-electron chi connectivity index (χ3n) is 3.85. The second-order valence-corrected chi connectivity index (χ2v) is 5.27. The minimum atomic E-state index is 0.847. The van der Waals surface area contributed by atoms with Crippen molar-refractivity contribution in [3.05, 3.63) is 42.4 Å². The number of rotatable bonds is 5. The van der Waals surface area contributed by atoms with Crippen molar-refractivity contribution in [2.24, 2.45) is 0 Å². The van der Waals surface area contributed by atoms with Gasteiger partial charge in [-0.05, 0) is 43.5 Å². The van der Waals surface area contributed by atoms with Gasteiger partial charge in [-0.15, -0.1) is 0 Å². The monoisotopic (exact) mass is 270 g/mol. The maximum Gasteiger partial charge on any atom is 0.151 e. The molecule has 0 aromatic carbocycles. The van der Waals surface area contributed by atoms with E-state index in [1.807, 2.05) is 12.3 Å². The first-order valence-electron chi connectivity index (χ1n) is 7.45. The first-order chi connectivity index (χ1) is 9.86. The Morgan fingerprint density at radius 2 is 2.10 bits per heavy atom. The van der Waals surface area contributed by atoms with Gasteiger partial charge in [-0.2, -0.15) is 0 Å². The van der Waals surface area contributed by atoms with E-state index in [1.165, 1.54) is 18.4 Å². The number of aryl methyl sites for hydroxylation is 1. The number of anilines is 2. The number of hydrogen-bond acceptors (Lipinski definition) is 3. The fourth-order valence-electron chi connectivity index (χ4n) is 2.70. The van der Waals surface area contributed by atoms with E-state index < -0.39 is 0 Å². The van der Waals surface area contributed by atoms with Crippen molar-refractivity contribution in [1.29, 1.82) is 0 Å². The number of hydrogen-bond donors (Lipinski definition) is 1. The Bertz CT molecular complexity index is 555. The van der Waals surface area contributed by atoms with Crippen molar-refractivity contribution < 1.29 is 0 Å². The predicted molar refractivity (Wildman–Crippen MR) is 83.1 cm³/mol. The second kappa shape index (κ2) is 5.99. The van der Waals surface area contributed by atoms with Crippen LogP contribution in [0.15, 0.2) is 36.8 Å². The topological polar surface area (TPSA) is 33.1 Å². The third kappa shape index (κ3) is 2.79. The van der Waals surface area contributed by atoms with E-state index >= 15 is 0 Å². The Labute approximate surface area is 120 Å². The lowest BCUT2D eigenvalue weighted by molar-refractivity contribution is 0.766. The minimum Gasteiger partial charge on any atom is -0.378 e. The zero-order valence-corrected chi connectivity index (χ0v) is 12.0. The molecule has 0 saturated carbocycles. The highest BCUT2D eigenvalue weighted by atomic mass is 15.2. The largest absolute Gasteiger partial charge is 0.378 e. The molecule has 1 N–H and O–H groups in total. The predicted octanol–water partition coefficient (Wildman–Crippen LogP) is 3.12. The van der Waals surface area contributed by atoms with Crippen LogP contribution in [-0.2, 0) is 13.1 Å². The molecule has 1 saturated heterocycles. The van der Waals surface area contributed by atoms with Crippen LogP contribution in [0.2, 0.25) is 0 Å². The van der Waals surface area contributed by atoms with Crippen LogP contribution in [0.4, 0.5) is 11.5 Å². The van der Waals surface area contributed by atoms with Gasteiger partial charge in [0.15, 0.2) is 5.82 Å². The number of nitrogens with zero attached hydrogens (tertiary/aromatic N) is 3. The quantitative estimate of drug-likeness (QED) is 0.906. The van der Waals surface area contributed by atoms with Gasteiger partial charge in [0, 0.05) is 44.8 Å². The zero-order valence-electron chi connectivity index (χ0n) is 12.0. The summed E-state index contributed by atoms with van der Waals surface area (Å²) in [5, 5.41) is 3.53. The smallest absolute Gasteiger partial charge is 0.151 e. The molecule has 4 heteroatoms. The van der Waals surface area contributed by atoms with Gasteiger partial charge in [-0.1, -0.05) is 0 Å². The number of nitrogens with one attached hydrogen (secondary N) is 1. The summed E-state index contributed by atoms with van der Waals surface area (Å²) < 4.78 is 2.20. The van der Waals surface area contributed by atoms with E-state index in [1.54, 1.807) is 0 Å². The van der Waals surface area contributed by atoms with Crippen LogP contribution in [0.25, 0.3) is 0 Å². The molecule has 1 fully saturated rings. The normalized spacial score (nSPS) is 14.8. The molecule has 3 heterocycles. The standard InChI is InChI=1S/C16H22N4/c1-2-19-11-7-14(13-19)12-18-15-6-5-8-17-16(15)20-9-3-4-10-20/h5-8,11,13,18H,2-4,9-10,12H2,1H3. The van der Waals surface area contributed by atoms with Crippen LogP contribution in [0.1, 0.15) is 25.3 Å². The van der Waals surface area contributed by atoms with E-state index in [4.69, 9.17) is 0 Å². The first-order valence-corrected chi connectivity index (χ1v) is 7.45. The maximum absolute atomic E-state index is 4.55. The summed E-state index contributed by atoms with van der Waals surface area (Å²) in [5.74, 6) is 1.10. The maximum atomic E-state index is 4.55. The van der Waals surface area contributed by atoms with Crippen molar-refractivity contribution >= 4 is 11.5 Å². The first kappa shape index (κ1) is 13.0. The molecule has 0 spiro atoms. The van der Waals surface area contributed by atoms with Crippen LogP contribution in [0.5, 0.6) is 0 Å². The van der Waals surface area contributed by atoms with Gasteiger partial charge >= 0.3 is 0 Å². The minimum absolute atomic E-state index is 0.847. The molecule has 1 aliphatic rings. The number of aromatic nitrogens is 2. The van der Waals surface area contributed by atoms with Gasteiger partial charge < -0.3 is 14.8 Å². The average Bonchev–Trinajstić information content (AvgIpc) is 3.17. The van der Waals surface area contributed by atoms with Crippen molar-refractivity contribution in [1.82, 2.24) is 9.55 Å². The Hall–Kier alpha value is -1.97. The summed E-state index contributed by atoms with van der Waals surface area (Å²) in [7, 11) is 0. The van der Waals surface area contributed by atoms with Gasteiger partial charge in [0.2, 0.25) is 0 Å². The lowest BCUT2D eigenvalue weighted by Gasteiger charge is -2.20. The molecule has 0 unspecified atom stereocenters. The Balaban J connectivity index is 1.70. The SMILES string of the molecule is CCn1ccc(CNc2cccnc2N2CCCC2)c1. The molecule has 0 atom stereocenters. The molecule has 4 nitrogen and oxygen atoms in total. The van der Waals surface area contributed by atoms with E-state index in [-0.39, 0.29) is 0 Å². The fraction of sp³-hybridized carbons (Fsp3) is 0.438. The summed E-state index contributed by atoms with van der Waals surface area (Å²) >= 11 is 0. The van der Waals surface area contributed by atoms with E-state index in [0.717, 1.165) is 37.7 Å². The van der Waals surface area contributed by atoms with Crippen molar-refractivity contribution in [2.75, 3.05) is 23.3 Å². The van der Waals surface area contributed by atoms with Gasteiger partial charge in [0.05, 0.1) is 5.69 Å². The van der Waals surface area contributed by atoms with Crippen LogP contribution in [0.3, 0.4) is 0 Å². The molecule has 20 heavy (non-hydrogen) atoms. The van der Waals surface area contributed by atoms with E-state index in [2.05, 4.69) is 51.2 Å². The average molecular weight is 270 g/mol. The van der Waals surface area contributed by atoms with Crippen molar-refractivity contribution in [3.8, 4) is 0 Å². The van der Waals surface area contributed by atoms with Gasteiger partial charge in [-0.25, -0.2) is 4.98 Å². The highest BCUT2D eigenvalue weighted by Crippen LogP contribution is 2.26. The molecule has 0 bridgehead atoms. The lowest BCUT2D eigenvalue weighted by atomic mass is 10.3. The summed E-state index contributed by atoms with van der Waals surface area (Å²) in [6.07, 6.45) is 8.75. The Morgan fingerprint density at radius 1 is 1.25 bits per heavy atom. The molecule has 2 aromatic rings. The van der Waals surface area contributed by atoms with Crippen LogP contribution < -0.4 is 10.2 Å². The van der Waals surface area contributed by atoms with E-state index in [0.29, 0.717) is 0 Å². The van der Waals surface area contributed by atoms with Gasteiger partial charge in [0.25, 0.3) is 0 Å². The summed E-state index contributed by atoms with van der Waals surface area (Å²) in [6, 6.07) is 6.29. The third-order valence-corrected chi connectivity index (χ3v) is 3.85. The molecule has 0 radical (unpaired) electrons. The second-order valence-electron chi connectivity index (χ2n) is 5.27. The van der Waals surface area contributed by atoms with Gasteiger partial charge in [0.1, 0.15) is 0 Å². The van der Waals surface area contributed by atoms with E-state index in [9.17, 15) is 0 Å². The Morgan fingerprint density at radius 3 is 2.85 bits per heavy atom. The highest BCUT2D eigenvalue weighted by molar-refractivity contribution is 5.65. The molecule has 1 aliphatic heterocycles. The van der Waals surface area contributed by atoms with Crippen molar-refractivity contribution in [2.45, 2.75) is 32.9 Å². The van der Waals surface area contributed by atoms with Crippen molar-refractivity contribution in [3.63, 3.8) is 0 Å². The number of pyridine rings is 1. The molecule has 106 valence electrons. The van der Waals surface area contributed by atoms with Crippen LogP contribution in [-0.4, -0.2) is 22.6 Å². The van der Waals surface area contributed by atoms with Gasteiger partial charge in [-0.3, -0.25) is 0 Å². The molecular formula is C16H22N4. The summed E-state index contributed by atoms with van der Waals surface area (Å²) in [6.45, 7) is 6.27. The summed E-state index contributed by atoms with van der Waals surface area (Å²) in [5.41, 5.74) is 2.45. The molecular weight excluding hydrogens is 248 g/mol. The molecule has 0 aliphatic carbocycles. The zero-order chi connectivity index (χ0) is 13.8. The molecule has 0 amide bonds. The van der Waals surface area contributed by atoms with Crippen LogP contribution >= 0.6 is 0 Å². The highest BCUT2D eigenvalue weighted by Gasteiger charge is 2.16. The molecule has 2 aromatic heterocycles. The molecule has 3 rings (SSSR count).